The first-order chi connectivity index (χ1) is 10.1. The Kier molecular flexibility index (Phi) is 6.04. The van der Waals surface area contributed by atoms with Crippen LogP contribution in [0.25, 0.3) is 0 Å². The molecule has 0 amide bonds. The smallest absolute Gasteiger partial charge is 0.127 e. The van der Waals surface area contributed by atoms with Gasteiger partial charge in [0.1, 0.15) is 11.6 Å². The minimum atomic E-state index is -0.210. The van der Waals surface area contributed by atoms with Gasteiger partial charge in [0.25, 0.3) is 0 Å². The van der Waals surface area contributed by atoms with Gasteiger partial charge >= 0.3 is 0 Å². The molecule has 0 saturated heterocycles. The molecule has 0 aliphatic heterocycles. The van der Waals surface area contributed by atoms with Crippen LogP contribution in [-0.2, 0) is 6.54 Å². The molecule has 1 aromatic carbocycles. The topological polar surface area (TPSA) is 21.3 Å². The van der Waals surface area contributed by atoms with E-state index in [-0.39, 0.29) is 11.9 Å². The van der Waals surface area contributed by atoms with E-state index in [1.807, 2.05) is 6.07 Å². The lowest BCUT2D eigenvalue weighted by Crippen LogP contribution is -2.28. The van der Waals surface area contributed by atoms with Gasteiger partial charge in [0.05, 0.1) is 6.10 Å². The molecule has 1 aliphatic rings. The summed E-state index contributed by atoms with van der Waals surface area (Å²) < 4.78 is 19.8. The quantitative estimate of drug-likeness (QED) is 0.778. The lowest BCUT2D eigenvalue weighted by molar-refractivity contribution is 0.101. The first-order valence-electron chi connectivity index (χ1n) is 8.23. The molecular formula is C18H28FNO. The van der Waals surface area contributed by atoms with E-state index in [1.165, 1.54) is 12.5 Å². The molecule has 118 valence electrons. The normalized spacial score (nSPS) is 25.8. The fourth-order valence-corrected chi connectivity index (χ4v) is 3.36. The summed E-state index contributed by atoms with van der Waals surface area (Å²) in [6.07, 6.45) is 4.72. The fraction of sp³-hybridized carbons (Fsp3) is 0.667. The van der Waals surface area contributed by atoms with Gasteiger partial charge in [-0.1, -0.05) is 20.8 Å². The van der Waals surface area contributed by atoms with Crippen molar-refractivity contribution in [1.82, 2.24) is 5.32 Å². The molecule has 0 aromatic heterocycles. The highest BCUT2D eigenvalue weighted by Crippen LogP contribution is 2.31. The highest BCUT2D eigenvalue weighted by Gasteiger charge is 2.25. The second kappa shape index (κ2) is 7.79. The monoisotopic (exact) mass is 293 g/mol. The minimum absolute atomic E-state index is 0.210. The summed E-state index contributed by atoms with van der Waals surface area (Å²) in [5.74, 6) is 1.85. The summed E-state index contributed by atoms with van der Waals surface area (Å²) in [6.45, 7) is 8.32. The summed E-state index contributed by atoms with van der Waals surface area (Å²) in [7, 11) is 0. The van der Waals surface area contributed by atoms with Gasteiger partial charge in [-0.3, -0.25) is 0 Å². The average molecular weight is 293 g/mol. The molecule has 0 radical (unpaired) electrons. The van der Waals surface area contributed by atoms with E-state index in [0.29, 0.717) is 24.1 Å². The van der Waals surface area contributed by atoms with Crippen LogP contribution < -0.4 is 10.1 Å². The maximum atomic E-state index is 13.7. The Morgan fingerprint density at radius 3 is 2.52 bits per heavy atom. The zero-order valence-electron chi connectivity index (χ0n) is 13.5. The molecule has 0 spiro atoms. The van der Waals surface area contributed by atoms with Crippen LogP contribution in [0.1, 0.15) is 52.0 Å². The van der Waals surface area contributed by atoms with Gasteiger partial charge in [0.2, 0.25) is 0 Å². The molecule has 2 unspecified atom stereocenters. The van der Waals surface area contributed by atoms with Gasteiger partial charge in [-0.2, -0.15) is 0 Å². The van der Waals surface area contributed by atoms with Gasteiger partial charge in [0, 0.05) is 12.6 Å². The Balaban J connectivity index is 1.98. The maximum absolute atomic E-state index is 13.7. The van der Waals surface area contributed by atoms with Crippen LogP contribution >= 0.6 is 0 Å². The third-order valence-corrected chi connectivity index (χ3v) is 4.12. The Bertz CT molecular complexity index is 439. The van der Waals surface area contributed by atoms with Crippen molar-refractivity contribution in [2.45, 2.75) is 59.1 Å². The molecule has 1 aliphatic carbocycles. The zero-order valence-corrected chi connectivity index (χ0v) is 13.5. The number of hydrogen-bond acceptors (Lipinski definition) is 2. The van der Waals surface area contributed by atoms with Gasteiger partial charge in [-0.05, 0) is 61.8 Å². The molecule has 1 saturated carbocycles. The average Bonchev–Trinajstić information content (AvgIpc) is 2.37. The van der Waals surface area contributed by atoms with Crippen LogP contribution in [0.3, 0.4) is 0 Å². The lowest BCUT2D eigenvalue weighted by Gasteiger charge is -2.31. The van der Waals surface area contributed by atoms with Crippen LogP contribution in [0.5, 0.6) is 5.75 Å². The summed E-state index contributed by atoms with van der Waals surface area (Å²) in [5.41, 5.74) is 0.954. The van der Waals surface area contributed by atoms with Gasteiger partial charge in [-0.15, -0.1) is 0 Å². The summed E-state index contributed by atoms with van der Waals surface area (Å²) in [4.78, 5) is 0. The van der Waals surface area contributed by atoms with Crippen LogP contribution in [0, 0.1) is 17.7 Å². The zero-order chi connectivity index (χ0) is 15.2. The third kappa shape index (κ3) is 5.31. The number of halogens is 1. The summed E-state index contributed by atoms with van der Waals surface area (Å²) in [5, 5.41) is 3.30. The molecular weight excluding hydrogens is 265 g/mol. The second-order valence-corrected chi connectivity index (χ2v) is 6.63. The number of rotatable bonds is 6. The molecule has 2 atom stereocenters. The lowest BCUT2D eigenvalue weighted by atomic mass is 9.82. The highest BCUT2D eigenvalue weighted by atomic mass is 19.1. The van der Waals surface area contributed by atoms with Gasteiger partial charge in [-0.25, -0.2) is 4.39 Å². The number of ether oxygens (including phenoxy) is 1. The molecule has 2 rings (SSSR count). The predicted octanol–water partition coefficient (Wildman–Crippen LogP) is 4.53. The molecule has 2 nitrogen and oxygen atoms in total. The van der Waals surface area contributed by atoms with Crippen molar-refractivity contribution in [2.24, 2.45) is 11.8 Å². The molecule has 0 heterocycles. The van der Waals surface area contributed by atoms with Crippen molar-refractivity contribution in [3.63, 3.8) is 0 Å². The van der Waals surface area contributed by atoms with Crippen LogP contribution in [-0.4, -0.2) is 12.6 Å². The van der Waals surface area contributed by atoms with E-state index < -0.39 is 0 Å². The van der Waals surface area contributed by atoms with Gasteiger partial charge in [0.15, 0.2) is 0 Å². The van der Waals surface area contributed by atoms with Crippen molar-refractivity contribution in [1.29, 1.82) is 0 Å². The van der Waals surface area contributed by atoms with Crippen LogP contribution in [0.15, 0.2) is 18.2 Å². The third-order valence-electron chi connectivity index (χ3n) is 4.12. The molecule has 21 heavy (non-hydrogen) atoms. The predicted molar refractivity (Wildman–Crippen MR) is 85.0 cm³/mol. The number of hydrogen-bond donors (Lipinski definition) is 1. The van der Waals surface area contributed by atoms with E-state index in [1.54, 1.807) is 6.07 Å². The Morgan fingerprint density at radius 1 is 1.14 bits per heavy atom. The van der Waals surface area contributed by atoms with Crippen LogP contribution in [0.4, 0.5) is 4.39 Å². The van der Waals surface area contributed by atoms with Crippen LogP contribution in [0.2, 0.25) is 0 Å². The highest BCUT2D eigenvalue weighted by molar-refractivity contribution is 5.29. The van der Waals surface area contributed by atoms with Gasteiger partial charge < -0.3 is 10.1 Å². The van der Waals surface area contributed by atoms with E-state index in [9.17, 15) is 4.39 Å². The van der Waals surface area contributed by atoms with Crippen molar-refractivity contribution >= 4 is 0 Å². The molecule has 1 N–H and O–H groups in total. The van der Waals surface area contributed by atoms with E-state index in [2.05, 4.69) is 26.1 Å². The molecule has 1 aromatic rings. The Labute approximate surface area is 128 Å². The van der Waals surface area contributed by atoms with E-state index >= 15 is 0 Å². The first kappa shape index (κ1) is 16.3. The van der Waals surface area contributed by atoms with E-state index in [4.69, 9.17) is 4.74 Å². The van der Waals surface area contributed by atoms with Crippen molar-refractivity contribution < 1.29 is 9.13 Å². The van der Waals surface area contributed by atoms with Crippen molar-refractivity contribution in [3.8, 4) is 5.75 Å². The largest absolute Gasteiger partial charge is 0.490 e. The fourth-order valence-electron chi connectivity index (χ4n) is 3.36. The molecule has 1 fully saturated rings. The van der Waals surface area contributed by atoms with Crippen molar-refractivity contribution in [3.05, 3.63) is 29.6 Å². The number of benzene rings is 1. The SMILES string of the molecule is CCCNCc1cc(F)cc(OC2CC(C)CC(C)C2)c1. The minimum Gasteiger partial charge on any atom is -0.490 e. The van der Waals surface area contributed by atoms with Crippen molar-refractivity contribution in [2.75, 3.05) is 6.54 Å². The van der Waals surface area contributed by atoms with E-state index in [0.717, 1.165) is 31.4 Å². The Morgan fingerprint density at radius 2 is 1.86 bits per heavy atom. The summed E-state index contributed by atoms with van der Waals surface area (Å²) >= 11 is 0. The second-order valence-electron chi connectivity index (χ2n) is 6.63. The standard InChI is InChI=1S/C18H28FNO/c1-4-5-20-12-15-9-16(19)11-18(10-15)21-17-7-13(2)6-14(3)8-17/h9-11,13-14,17,20H,4-8,12H2,1-3H3. The number of nitrogens with one attached hydrogen (secondary N) is 1. The molecule has 0 bridgehead atoms. The maximum Gasteiger partial charge on any atom is 0.127 e. The molecule has 3 heteroatoms. The first-order valence-corrected chi connectivity index (χ1v) is 8.23. The Hall–Kier alpha value is -1.09. The summed E-state index contributed by atoms with van der Waals surface area (Å²) in [6, 6.07) is 5.06.